The van der Waals surface area contributed by atoms with Crippen molar-refractivity contribution >= 4 is 68.3 Å². The number of rotatable bonds is 19. The number of ether oxygens (including phenoxy) is 1. The maximum Gasteiger partial charge on any atom is 0.303 e. The summed E-state index contributed by atoms with van der Waals surface area (Å²) in [6.45, 7) is 27.9. The molecule has 2 fully saturated rings. The van der Waals surface area contributed by atoms with Crippen LogP contribution in [0.2, 0.25) is 0 Å². The molecule has 0 aliphatic carbocycles. The number of pyridine rings is 2. The summed E-state index contributed by atoms with van der Waals surface area (Å²) in [5.74, 6) is 2.59. The molecule has 0 spiro atoms. The topological polar surface area (TPSA) is 219 Å². The van der Waals surface area contributed by atoms with E-state index in [2.05, 4.69) is 143 Å². The summed E-state index contributed by atoms with van der Waals surface area (Å²) in [6.07, 6.45) is 15.0. The third-order valence-electron chi connectivity index (χ3n) is 17.8. The molecule has 2 unspecified atom stereocenters. The molecule has 0 saturated carbocycles. The number of amidine groups is 1. The Morgan fingerprint density at radius 2 is 1.15 bits per heavy atom. The van der Waals surface area contributed by atoms with Crippen molar-refractivity contribution < 1.29 is 14.3 Å². The number of nitrogens with zero attached hydrogens (tertiary/aromatic N) is 9. The third kappa shape index (κ3) is 16.6. The van der Waals surface area contributed by atoms with Gasteiger partial charge in [0.15, 0.2) is 12.4 Å². The number of aromatic amines is 2. The number of carbonyl (C=O) groups excluding carboxylic acids is 2. The normalized spacial score (nSPS) is 15.0. The van der Waals surface area contributed by atoms with Crippen molar-refractivity contribution in [2.45, 2.75) is 118 Å². The molecule has 2 saturated heterocycles. The highest BCUT2D eigenvalue weighted by molar-refractivity contribution is 7.14. The van der Waals surface area contributed by atoms with Crippen LogP contribution in [0.3, 0.4) is 0 Å². The number of aromatic nitrogens is 4. The van der Waals surface area contributed by atoms with Crippen molar-refractivity contribution in [1.82, 2.24) is 50.6 Å². The van der Waals surface area contributed by atoms with Crippen molar-refractivity contribution in [1.29, 1.82) is 10.5 Å². The SMILES string of the molecule is CCN(CC)C(=O)C(C)(C)c1ccc2[nH]c(-c3cc(C)cs3)c(CCN=C(NC#N)N3CCC(c4ccncc4)C3)c2c1.CCN(CC)C(=O)C(C)(C)c1ccc2[nH]c(-c3cc(C)cs3)c(CCN=C(NC#N)Oc3ccccc3)c2c1.c1cc(C2CCNC2)ccn1. The molecule has 11 rings (SSSR count). The minimum absolute atomic E-state index is 0.118. The first-order valence-electron chi connectivity index (χ1n) is 32.4. The molecule has 8 heterocycles. The number of H-pyrrole nitrogens is 2. The van der Waals surface area contributed by atoms with E-state index in [1.165, 1.54) is 39.1 Å². The number of hydrogen-bond acceptors (Lipinski definition) is 12. The number of thiophene rings is 2. The summed E-state index contributed by atoms with van der Waals surface area (Å²) in [5.41, 5.74) is 12.3. The Morgan fingerprint density at radius 3 is 1.60 bits per heavy atom. The molecule has 484 valence electrons. The highest BCUT2D eigenvalue weighted by Gasteiger charge is 2.35. The molecule has 2 aliphatic heterocycles. The van der Waals surface area contributed by atoms with Gasteiger partial charge in [-0.15, -0.1) is 22.7 Å². The van der Waals surface area contributed by atoms with E-state index in [1.54, 1.807) is 22.7 Å². The number of hydrogen-bond donors (Lipinski definition) is 5. The van der Waals surface area contributed by atoms with Crippen LogP contribution in [0.1, 0.15) is 125 Å². The maximum atomic E-state index is 13.5. The molecule has 2 aliphatic rings. The number of nitrogens with one attached hydrogen (secondary N) is 5. The smallest absolute Gasteiger partial charge is 0.303 e. The third-order valence-corrected chi connectivity index (χ3v) is 19.9. The van der Waals surface area contributed by atoms with Gasteiger partial charge < -0.3 is 34.7 Å². The second-order valence-corrected chi connectivity index (χ2v) is 26.4. The first-order chi connectivity index (χ1) is 45.0. The van der Waals surface area contributed by atoms with Crippen molar-refractivity contribution in [2.24, 2.45) is 9.98 Å². The van der Waals surface area contributed by atoms with Crippen molar-refractivity contribution in [2.75, 3.05) is 65.4 Å². The Morgan fingerprint density at radius 1 is 0.656 bits per heavy atom. The van der Waals surface area contributed by atoms with Crippen LogP contribution < -0.4 is 20.7 Å². The number of aliphatic imine (C=N–C) groups is 2. The van der Waals surface area contributed by atoms with E-state index in [0.29, 0.717) is 69.7 Å². The van der Waals surface area contributed by atoms with Gasteiger partial charge in [-0.2, -0.15) is 10.5 Å². The predicted molar refractivity (Wildman–Crippen MR) is 379 cm³/mol. The molecule has 2 amide bonds. The summed E-state index contributed by atoms with van der Waals surface area (Å²) in [6, 6.07) is 34.8. The lowest BCUT2D eigenvalue weighted by Gasteiger charge is -2.31. The van der Waals surface area contributed by atoms with Gasteiger partial charge in [-0.05, 0) is 235 Å². The first kappa shape index (κ1) is 68.2. The van der Waals surface area contributed by atoms with Gasteiger partial charge in [0.1, 0.15) is 5.75 Å². The number of guanidine groups is 1. The number of nitriles is 2. The summed E-state index contributed by atoms with van der Waals surface area (Å²) in [7, 11) is 0. The van der Waals surface area contributed by atoms with E-state index in [4.69, 9.17) is 9.73 Å². The molecule has 9 aromatic rings. The number of amides is 2. The van der Waals surface area contributed by atoms with Crippen LogP contribution in [-0.4, -0.2) is 124 Å². The fourth-order valence-corrected chi connectivity index (χ4v) is 14.2. The summed E-state index contributed by atoms with van der Waals surface area (Å²) >= 11 is 3.43. The van der Waals surface area contributed by atoms with Gasteiger partial charge in [-0.1, -0.05) is 30.3 Å². The van der Waals surface area contributed by atoms with Crippen molar-refractivity contribution in [3.05, 3.63) is 183 Å². The molecular weight excluding hydrogens is 1200 g/mol. The minimum atomic E-state index is -0.667. The lowest BCUT2D eigenvalue weighted by molar-refractivity contribution is -0.136. The monoisotopic (exact) mass is 1280 g/mol. The predicted octanol–water partition coefficient (Wildman–Crippen LogP) is 13.8. The molecule has 3 aromatic carbocycles. The summed E-state index contributed by atoms with van der Waals surface area (Å²) in [5, 5.41) is 34.0. The molecule has 5 N–H and O–H groups in total. The zero-order chi connectivity index (χ0) is 66.1. The van der Waals surface area contributed by atoms with Gasteiger partial charge in [-0.3, -0.25) is 29.9 Å². The van der Waals surface area contributed by atoms with Crippen molar-refractivity contribution in [3.63, 3.8) is 0 Å². The van der Waals surface area contributed by atoms with Crippen LogP contribution in [0, 0.1) is 36.8 Å². The Kier molecular flexibility index (Phi) is 23.4. The number of likely N-dealkylation sites (tertiary alicyclic amines) is 1. The molecule has 17 nitrogen and oxygen atoms in total. The standard InChI is InChI=1S/C34H41N7OS.C31H35N5O2S.C9H12N2/c1-6-40(7-2)32(42)34(4,5)26-8-9-29-28(19-26)27(31(39-29)30-18-23(3)21-43-30)12-16-37-33(38-22-35)41-17-13-25(20-41)24-10-14-36-15-11-24;1-6-36(7-2)29(37)31(4,5)22-13-14-26-25(18-22)24(28(35-26)27-17-21(3)19-39-27)15-16-33-30(34-20-32)38-23-11-9-8-10-12-23;1-4-10-5-2-8(1)9-3-6-11-7-9/h8-11,14-15,18-19,21,25,39H,6-7,12-13,16-17,20H2,1-5H3,(H,37,38);8-14,17-19,35H,6-7,15-16H2,1-5H3,(H,33,34);1-2,4-5,9,11H,3,6-7H2. The first-order valence-corrected chi connectivity index (χ1v) is 34.1. The molecule has 93 heavy (non-hydrogen) atoms. The van der Waals surface area contributed by atoms with E-state index in [0.717, 1.165) is 93.3 Å². The number of carbonyl (C=O) groups is 2. The minimum Gasteiger partial charge on any atom is -0.425 e. The number of benzene rings is 3. The van der Waals surface area contributed by atoms with Crippen LogP contribution >= 0.6 is 22.7 Å². The summed E-state index contributed by atoms with van der Waals surface area (Å²) in [4.78, 5) is 60.1. The average Bonchev–Trinajstić information content (AvgIpc) is 1.67. The number of aryl methyl sites for hydroxylation is 2. The van der Waals surface area contributed by atoms with Crippen LogP contribution in [0.4, 0.5) is 0 Å². The van der Waals surface area contributed by atoms with Gasteiger partial charge in [0.2, 0.25) is 17.8 Å². The van der Waals surface area contributed by atoms with Gasteiger partial charge in [0.05, 0.1) is 32.0 Å². The average molecular weight is 1290 g/mol. The number of likely N-dealkylation sites (N-methyl/N-ethyl adjacent to an activating group) is 2. The molecule has 2 atom stereocenters. The summed E-state index contributed by atoms with van der Waals surface area (Å²) < 4.78 is 5.78. The van der Waals surface area contributed by atoms with Gasteiger partial charge in [0, 0.05) is 111 Å². The molecular formula is C74H88N14O3S2. The lowest BCUT2D eigenvalue weighted by atomic mass is 9.82. The van der Waals surface area contributed by atoms with Gasteiger partial charge in [0.25, 0.3) is 0 Å². The van der Waals surface area contributed by atoms with Crippen LogP contribution in [0.5, 0.6) is 5.75 Å². The van der Waals surface area contributed by atoms with E-state index in [1.807, 2.05) is 133 Å². The molecule has 0 radical (unpaired) electrons. The molecule has 19 heteroatoms. The van der Waals surface area contributed by atoms with Gasteiger partial charge >= 0.3 is 6.02 Å². The largest absolute Gasteiger partial charge is 0.425 e. The van der Waals surface area contributed by atoms with E-state index < -0.39 is 10.8 Å². The second-order valence-electron chi connectivity index (χ2n) is 24.6. The fourth-order valence-electron chi connectivity index (χ4n) is 12.4. The molecule has 6 aromatic heterocycles. The van der Waals surface area contributed by atoms with Crippen molar-refractivity contribution in [3.8, 4) is 39.3 Å². The van der Waals surface area contributed by atoms with Crippen LogP contribution in [-0.2, 0) is 33.3 Å². The molecule has 0 bridgehead atoms. The Labute approximate surface area is 556 Å². The highest BCUT2D eigenvalue weighted by atomic mass is 32.1. The Balaban J connectivity index is 0.000000188. The quantitative estimate of drug-likeness (QED) is 0.0222. The Hall–Kier alpha value is -9.14. The fraction of sp³-hybridized carbons (Fsp3) is 0.378. The van der Waals surface area contributed by atoms with Crippen LogP contribution in [0.15, 0.2) is 149 Å². The second kappa shape index (κ2) is 31.9. The van der Waals surface area contributed by atoms with Gasteiger partial charge in [-0.25, -0.2) is 10.3 Å². The highest BCUT2D eigenvalue weighted by Crippen LogP contribution is 2.40. The number of para-hydroxylation sites is 1. The Bertz CT molecular complexity index is 4080. The lowest BCUT2D eigenvalue weighted by Crippen LogP contribution is -2.43. The van der Waals surface area contributed by atoms with E-state index >= 15 is 0 Å². The van der Waals surface area contributed by atoms with E-state index in [9.17, 15) is 20.1 Å². The van der Waals surface area contributed by atoms with E-state index in [-0.39, 0.29) is 17.8 Å². The number of fused-ring (bicyclic) bond motifs is 2. The van der Waals surface area contributed by atoms with Crippen LogP contribution in [0.25, 0.3) is 42.9 Å². The zero-order valence-corrected chi connectivity index (χ0v) is 57.0. The maximum absolute atomic E-state index is 13.5. The zero-order valence-electron chi connectivity index (χ0n) is 55.4.